The van der Waals surface area contributed by atoms with Crippen LogP contribution in [0, 0.1) is 0 Å². The van der Waals surface area contributed by atoms with Gasteiger partial charge in [-0.2, -0.15) is 0 Å². The number of hydrogen-bond donors (Lipinski definition) is 1. The molecule has 0 fully saturated rings. The molecule has 9 heteroatoms. The van der Waals surface area contributed by atoms with Crippen LogP contribution in [0.15, 0.2) is 24.3 Å². The third-order valence-corrected chi connectivity index (χ3v) is 4.38. The average molecular weight is 371 g/mol. The highest BCUT2D eigenvalue weighted by atomic mass is 32.2. The lowest BCUT2D eigenvalue weighted by atomic mass is 10.2. The Bertz CT molecular complexity index is 686. The lowest BCUT2D eigenvalue weighted by molar-refractivity contribution is -0.119. The number of sulfonamides is 1. The van der Waals surface area contributed by atoms with Crippen LogP contribution in [-0.2, 0) is 19.6 Å². The monoisotopic (exact) mass is 371 g/mol. The van der Waals surface area contributed by atoms with Crippen LogP contribution in [0.1, 0.15) is 17.3 Å². The minimum Gasteiger partial charge on any atom is -0.462 e. The van der Waals surface area contributed by atoms with Crippen molar-refractivity contribution >= 4 is 27.6 Å². The zero-order chi connectivity index (χ0) is 19.0. The number of amides is 1. The van der Waals surface area contributed by atoms with E-state index in [0.29, 0.717) is 24.3 Å². The molecule has 0 unspecified atom stereocenters. The summed E-state index contributed by atoms with van der Waals surface area (Å²) in [4.78, 5) is 25.6. The van der Waals surface area contributed by atoms with Gasteiger partial charge in [-0.05, 0) is 45.3 Å². The minimum atomic E-state index is -3.65. The number of carbonyl (C=O) groups is 2. The van der Waals surface area contributed by atoms with E-state index in [2.05, 4.69) is 5.32 Å². The molecule has 0 saturated carbocycles. The zero-order valence-electron chi connectivity index (χ0n) is 15.0. The molecular formula is C16H25N3O5S. The van der Waals surface area contributed by atoms with Gasteiger partial charge in [0.2, 0.25) is 15.9 Å². The van der Waals surface area contributed by atoms with Crippen molar-refractivity contribution in [1.82, 2.24) is 10.2 Å². The van der Waals surface area contributed by atoms with Crippen molar-refractivity contribution < 1.29 is 22.7 Å². The molecule has 0 saturated heterocycles. The normalized spacial score (nSPS) is 11.2. The van der Waals surface area contributed by atoms with Crippen molar-refractivity contribution in [1.29, 1.82) is 0 Å². The standard InChI is InChI=1S/C16H25N3O5S/c1-5-24-16(21)13-6-8-14(9-7-13)19(25(4,22)23)12-15(20)17-10-11-18(2)3/h6-9H,5,10-12H2,1-4H3,(H,17,20). The number of rotatable bonds is 9. The number of esters is 1. The first-order valence-corrected chi connectivity index (χ1v) is 9.66. The fourth-order valence-electron chi connectivity index (χ4n) is 1.98. The Morgan fingerprint density at radius 3 is 2.24 bits per heavy atom. The van der Waals surface area contributed by atoms with Crippen LogP contribution in [0.4, 0.5) is 5.69 Å². The molecule has 0 spiro atoms. The Hall–Kier alpha value is -2.13. The molecule has 1 rings (SSSR count). The number of hydrogen-bond acceptors (Lipinski definition) is 6. The summed E-state index contributed by atoms with van der Waals surface area (Å²) in [5.74, 6) is -0.886. The molecule has 0 bridgehead atoms. The summed E-state index contributed by atoms with van der Waals surface area (Å²) < 4.78 is 29.9. The fraction of sp³-hybridized carbons (Fsp3) is 0.500. The molecule has 0 radical (unpaired) electrons. The first-order chi connectivity index (χ1) is 11.6. The van der Waals surface area contributed by atoms with Gasteiger partial charge in [-0.1, -0.05) is 0 Å². The van der Waals surface area contributed by atoms with Gasteiger partial charge in [0, 0.05) is 13.1 Å². The lowest BCUT2D eigenvalue weighted by Gasteiger charge is -2.22. The van der Waals surface area contributed by atoms with Crippen molar-refractivity contribution in [2.75, 3.05) is 50.9 Å². The van der Waals surface area contributed by atoms with Crippen molar-refractivity contribution in [2.24, 2.45) is 0 Å². The quantitative estimate of drug-likeness (QED) is 0.628. The van der Waals surface area contributed by atoms with E-state index < -0.39 is 21.9 Å². The predicted molar refractivity (Wildman–Crippen MR) is 96.2 cm³/mol. The van der Waals surface area contributed by atoms with Gasteiger partial charge in [0.25, 0.3) is 0 Å². The van der Waals surface area contributed by atoms with Gasteiger partial charge in [-0.3, -0.25) is 9.10 Å². The first kappa shape index (κ1) is 20.9. The highest BCUT2D eigenvalue weighted by Crippen LogP contribution is 2.18. The van der Waals surface area contributed by atoms with Crippen LogP contribution >= 0.6 is 0 Å². The van der Waals surface area contributed by atoms with Crippen LogP contribution in [-0.4, -0.2) is 71.8 Å². The SMILES string of the molecule is CCOC(=O)c1ccc(N(CC(=O)NCCN(C)C)S(C)(=O)=O)cc1. The Kier molecular flexibility index (Phi) is 7.85. The summed E-state index contributed by atoms with van der Waals surface area (Å²) in [6, 6.07) is 5.88. The molecule has 0 heterocycles. The van der Waals surface area contributed by atoms with E-state index in [4.69, 9.17) is 4.74 Å². The van der Waals surface area contributed by atoms with E-state index in [-0.39, 0.29) is 13.2 Å². The summed E-state index contributed by atoms with van der Waals surface area (Å²) >= 11 is 0. The average Bonchev–Trinajstić information content (AvgIpc) is 2.51. The van der Waals surface area contributed by atoms with E-state index in [1.54, 1.807) is 6.92 Å². The van der Waals surface area contributed by atoms with Gasteiger partial charge in [-0.15, -0.1) is 0 Å². The van der Waals surface area contributed by atoms with Gasteiger partial charge in [0.15, 0.2) is 0 Å². The minimum absolute atomic E-state index is 0.253. The second-order valence-electron chi connectivity index (χ2n) is 5.69. The molecule has 1 aromatic carbocycles. The molecular weight excluding hydrogens is 346 g/mol. The second-order valence-corrected chi connectivity index (χ2v) is 7.60. The van der Waals surface area contributed by atoms with Crippen molar-refractivity contribution in [3.8, 4) is 0 Å². The van der Waals surface area contributed by atoms with Crippen molar-refractivity contribution in [3.63, 3.8) is 0 Å². The second kappa shape index (κ2) is 9.38. The summed E-state index contributed by atoms with van der Waals surface area (Å²) in [6.45, 7) is 2.70. The fourth-order valence-corrected chi connectivity index (χ4v) is 2.84. The van der Waals surface area contributed by atoms with Gasteiger partial charge in [0.05, 0.1) is 24.1 Å². The Balaban J connectivity index is 2.86. The molecule has 1 N–H and O–H groups in total. The number of carbonyl (C=O) groups excluding carboxylic acids is 2. The van der Waals surface area contributed by atoms with Crippen molar-refractivity contribution in [3.05, 3.63) is 29.8 Å². The molecule has 0 aliphatic heterocycles. The maximum absolute atomic E-state index is 12.0. The lowest BCUT2D eigenvalue weighted by Crippen LogP contribution is -2.42. The van der Waals surface area contributed by atoms with E-state index in [9.17, 15) is 18.0 Å². The third-order valence-electron chi connectivity index (χ3n) is 3.24. The van der Waals surface area contributed by atoms with Crippen LogP contribution in [0.2, 0.25) is 0 Å². The summed E-state index contributed by atoms with van der Waals surface area (Å²) in [5.41, 5.74) is 0.618. The zero-order valence-corrected chi connectivity index (χ0v) is 15.8. The summed E-state index contributed by atoms with van der Waals surface area (Å²) in [6.07, 6.45) is 1.03. The number of anilines is 1. The molecule has 140 valence electrons. The maximum atomic E-state index is 12.0. The summed E-state index contributed by atoms with van der Waals surface area (Å²) in [7, 11) is 0.0983. The number of nitrogens with zero attached hydrogens (tertiary/aromatic N) is 2. The highest BCUT2D eigenvalue weighted by molar-refractivity contribution is 7.92. The molecule has 0 aliphatic carbocycles. The van der Waals surface area contributed by atoms with E-state index >= 15 is 0 Å². The summed E-state index contributed by atoms with van der Waals surface area (Å²) in [5, 5.41) is 2.67. The molecule has 1 aromatic rings. The topological polar surface area (TPSA) is 96.0 Å². The molecule has 0 atom stereocenters. The Labute approximate surface area is 148 Å². The molecule has 8 nitrogen and oxygen atoms in total. The van der Waals surface area contributed by atoms with Crippen LogP contribution in [0.3, 0.4) is 0 Å². The number of likely N-dealkylation sites (N-methyl/N-ethyl adjacent to an activating group) is 1. The first-order valence-electron chi connectivity index (χ1n) is 7.81. The van der Waals surface area contributed by atoms with Crippen LogP contribution in [0.5, 0.6) is 0 Å². The van der Waals surface area contributed by atoms with E-state index in [1.165, 1.54) is 24.3 Å². The molecule has 25 heavy (non-hydrogen) atoms. The third kappa shape index (κ3) is 7.10. The van der Waals surface area contributed by atoms with Crippen molar-refractivity contribution in [2.45, 2.75) is 6.92 Å². The van der Waals surface area contributed by atoms with E-state index in [1.807, 2.05) is 19.0 Å². The maximum Gasteiger partial charge on any atom is 0.338 e. The predicted octanol–water partition coefficient (Wildman–Crippen LogP) is 0.307. The molecule has 1 amide bonds. The molecule has 0 aliphatic rings. The Morgan fingerprint density at radius 1 is 1.16 bits per heavy atom. The van der Waals surface area contributed by atoms with Gasteiger partial charge < -0.3 is 15.0 Å². The van der Waals surface area contributed by atoms with Crippen LogP contribution < -0.4 is 9.62 Å². The number of nitrogens with one attached hydrogen (secondary N) is 1. The Morgan fingerprint density at radius 2 is 1.76 bits per heavy atom. The van der Waals surface area contributed by atoms with E-state index in [0.717, 1.165) is 10.6 Å². The molecule has 0 aromatic heterocycles. The van der Waals surface area contributed by atoms with Gasteiger partial charge in [-0.25, -0.2) is 13.2 Å². The van der Waals surface area contributed by atoms with Crippen LogP contribution in [0.25, 0.3) is 0 Å². The highest BCUT2D eigenvalue weighted by Gasteiger charge is 2.21. The number of benzene rings is 1. The number of ether oxygens (including phenoxy) is 1. The van der Waals surface area contributed by atoms with Gasteiger partial charge >= 0.3 is 5.97 Å². The van der Waals surface area contributed by atoms with Gasteiger partial charge in [0.1, 0.15) is 6.54 Å². The smallest absolute Gasteiger partial charge is 0.338 e. The largest absolute Gasteiger partial charge is 0.462 e.